The van der Waals surface area contributed by atoms with E-state index in [1.165, 1.54) is 5.56 Å². The molecule has 0 radical (unpaired) electrons. The van der Waals surface area contributed by atoms with Crippen molar-refractivity contribution in [1.82, 2.24) is 0 Å². The minimum Gasteiger partial charge on any atom is -0.398 e. The zero-order valence-corrected chi connectivity index (χ0v) is 13.6. The maximum Gasteiger partial charge on any atom is 0.0429 e. The minimum absolute atomic E-state index is 0.352. The molecule has 0 saturated heterocycles. The molecule has 0 unspecified atom stereocenters. The lowest BCUT2D eigenvalue weighted by atomic mass is 9.91. The van der Waals surface area contributed by atoms with Gasteiger partial charge in [-0.25, -0.2) is 0 Å². The van der Waals surface area contributed by atoms with Crippen LogP contribution in [-0.2, 0) is 0 Å². The van der Waals surface area contributed by atoms with Crippen molar-refractivity contribution in [1.29, 1.82) is 0 Å². The van der Waals surface area contributed by atoms with Gasteiger partial charge in [0.15, 0.2) is 0 Å². The van der Waals surface area contributed by atoms with Crippen LogP contribution < -0.4 is 11.1 Å². The molecule has 116 valence electrons. The van der Waals surface area contributed by atoms with Crippen LogP contribution in [0.25, 0.3) is 22.3 Å². The maximum absolute atomic E-state index is 6.36. The molecule has 23 heavy (non-hydrogen) atoms. The fourth-order valence-electron chi connectivity index (χ4n) is 2.87. The summed E-state index contributed by atoms with van der Waals surface area (Å²) in [4.78, 5) is 0. The second-order valence-electron chi connectivity index (χ2n) is 5.98. The Labute approximate surface area is 138 Å². The molecule has 0 aromatic heterocycles. The van der Waals surface area contributed by atoms with Crippen molar-refractivity contribution >= 4 is 11.4 Å². The van der Waals surface area contributed by atoms with Crippen LogP contribution in [0, 0.1) is 0 Å². The summed E-state index contributed by atoms with van der Waals surface area (Å²) in [5.41, 5.74) is 12.8. The first-order valence-corrected chi connectivity index (χ1v) is 7.96. The Hall–Kier alpha value is -2.74. The summed E-state index contributed by atoms with van der Waals surface area (Å²) in [6.07, 6.45) is 0. The standard InChI is InChI=1S/C21H22N2/c1-15(2)23-19-14-13-18(22)20(16-9-5-3-6-10-16)21(19)17-11-7-4-8-12-17/h3-15,23H,22H2,1-2H3. The highest BCUT2D eigenvalue weighted by Gasteiger charge is 2.15. The Morgan fingerprint density at radius 3 is 1.74 bits per heavy atom. The Bertz CT molecular complexity index is 778. The van der Waals surface area contributed by atoms with Crippen molar-refractivity contribution in [3.05, 3.63) is 72.8 Å². The predicted octanol–water partition coefficient (Wildman–Crippen LogP) is 5.42. The lowest BCUT2D eigenvalue weighted by molar-refractivity contribution is 0.900. The molecule has 0 bridgehead atoms. The van der Waals surface area contributed by atoms with Crippen molar-refractivity contribution in [2.75, 3.05) is 11.1 Å². The normalized spacial score (nSPS) is 10.7. The van der Waals surface area contributed by atoms with Crippen molar-refractivity contribution in [3.8, 4) is 22.3 Å². The van der Waals surface area contributed by atoms with Crippen molar-refractivity contribution < 1.29 is 0 Å². The molecule has 0 aliphatic carbocycles. The van der Waals surface area contributed by atoms with E-state index < -0.39 is 0 Å². The van der Waals surface area contributed by atoms with Gasteiger partial charge in [-0.15, -0.1) is 0 Å². The quantitative estimate of drug-likeness (QED) is 0.631. The fourth-order valence-corrected chi connectivity index (χ4v) is 2.87. The van der Waals surface area contributed by atoms with Gasteiger partial charge in [0.1, 0.15) is 0 Å². The maximum atomic E-state index is 6.36. The van der Waals surface area contributed by atoms with E-state index in [4.69, 9.17) is 5.73 Å². The molecule has 0 aliphatic heterocycles. The smallest absolute Gasteiger partial charge is 0.0429 e. The number of benzene rings is 3. The zero-order chi connectivity index (χ0) is 16.2. The van der Waals surface area contributed by atoms with Gasteiger partial charge in [-0.2, -0.15) is 0 Å². The highest BCUT2D eigenvalue weighted by atomic mass is 14.9. The third kappa shape index (κ3) is 3.21. The van der Waals surface area contributed by atoms with Crippen molar-refractivity contribution in [2.24, 2.45) is 0 Å². The first-order chi connectivity index (χ1) is 11.2. The predicted molar refractivity (Wildman–Crippen MR) is 100 cm³/mol. The molecule has 2 nitrogen and oxygen atoms in total. The van der Waals surface area contributed by atoms with Crippen LogP contribution in [0.1, 0.15) is 13.8 Å². The fraction of sp³-hybridized carbons (Fsp3) is 0.143. The average Bonchev–Trinajstić information content (AvgIpc) is 2.57. The molecular weight excluding hydrogens is 280 g/mol. The lowest BCUT2D eigenvalue weighted by Crippen LogP contribution is -2.11. The van der Waals surface area contributed by atoms with E-state index in [9.17, 15) is 0 Å². The highest BCUT2D eigenvalue weighted by molar-refractivity contribution is 5.97. The summed E-state index contributed by atoms with van der Waals surface area (Å²) in [6, 6.07) is 25.2. The van der Waals surface area contributed by atoms with Gasteiger partial charge in [0.05, 0.1) is 0 Å². The molecule has 0 fully saturated rings. The van der Waals surface area contributed by atoms with Crippen molar-refractivity contribution in [2.45, 2.75) is 19.9 Å². The molecule has 0 heterocycles. The van der Waals surface area contributed by atoms with E-state index in [1.807, 2.05) is 30.3 Å². The number of nitrogens with two attached hydrogens (primary N) is 1. The molecule has 0 aliphatic rings. The van der Waals surface area contributed by atoms with Gasteiger partial charge < -0.3 is 11.1 Å². The molecule has 0 atom stereocenters. The van der Waals surface area contributed by atoms with Gasteiger partial charge >= 0.3 is 0 Å². The molecule has 0 spiro atoms. The molecule has 0 saturated carbocycles. The van der Waals surface area contributed by atoms with Crippen LogP contribution in [0.15, 0.2) is 72.8 Å². The first-order valence-electron chi connectivity index (χ1n) is 7.96. The summed E-state index contributed by atoms with van der Waals surface area (Å²) in [6.45, 7) is 4.29. The van der Waals surface area contributed by atoms with Crippen LogP contribution in [0.4, 0.5) is 11.4 Å². The lowest BCUT2D eigenvalue weighted by Gasteiger charge is -2.20. The Balaban J connectivity index is 2.29. The van der Waals surface area contributed by atoms with Gasteiger partial charge in [0, 0.05) is 28.5 Å². The average molecular weight is 302 g/mol. The van der Waals surface area contributed by atoms with E-state index >= 15 is 0 Å². The molecule has 3 rings (SSSR count). The van der Waals surface area contributed by atoms with E-state index in [2.05, 4.69) is 61.6 Å². The number of rotatable bonds is 4. The third-order valence-electron chi connectivity index (χ3n) is 3.81. The van der Waals surface area contributed by atoms with Crippen LogP contribution >= 0.6 is 0 Å². The second-order valence-corrected chi connectivity index (χ2v) is 5.98. The van der Waals surface area contributed by atoms with Crippen LogP contribution in [-0.4, -0.2) is 6.04 Å². The van der Waals surface area contributed by atoms with Crippen LogP contribution in [0.3, 0.4) is 0 Å². The van der Waals surface area contributed by atoms with E-state index in [1.54, 1.807) is 0 Å². The number of hydrogen-bond acceptors (Lipinski definition) is 2. The third-order valence-corrected chi connectivity index (χ3v) is 3.81. The summed E-state index contributed by atoms with van der Waals surface area (Å²) in [5.74, 6) is 0. The minimum atomic E-state index is 0.352. The summed E-state index contributed by atoms with van der Waals surface area (Å²) >= 11 is 0. The molecule has 0 amide bonds. The Morgan fingerprint density at radius 1 is 0.696 bits per heavy atom. The Kier molecular flexibility index (Phi) is 4.33. The number of nitrogen functional groups attached to an aromatic ring is 1. The second kappa shape index (κ2) is 6.57. The number of anilines is 2. The summed E-state index contributed by atoms with van der Waals surface area (Å²) in [7, 11) is 0. The van der Waals surface area contributed by atoms with Crippen molar-refractivity contribution in [3.63, 3.8) is 0 Å². The summed E-state index contributed by atoms with van der Waals surface area (Å²) < 4.78 is 0. The molecule has 3 aromatic carbocycles. The largest absolute Gasteiger partial charge is 0.398 e. The van der Waals surface area contributed by atoms with Gasteiger partial charge in [-0.3, -0.25) is 0 Å². The van der Waals surface area contributed by atoms with Gasteiger partial charge in [-0.1, -0.05) is 60.7 Å². The SMILES string of the molecule is CC(C)Nc1ccc(N)c(-c2ccccc2)c1-c1ccccc1. The highest BCUT2D eigenvalue weighted by Crippen LogP contribution is 2.41. The summed E-state index contributed by atoms with van der Waals surface area (Å²) in [5, 5.41) is 3.55. The van der Waals surface area contributed by atoms with Gasteiger partial charge in [-0.05, 0) is 37.1 Å². The van der Waals surface area contributed by atoms with Gasteiger partial charge in [0.25, 0.3) is 0 Å². The van der Waals surface area contributed by atoms with E-state index in [-0.39, 0.29) is 0 Å². The number of hydrogen-bond donors (Lipinski definition) is 2. The topological polar surface area (TPSA) is 38.0 Å². The monoisotopic (exact) mass is 302 g/mol. The van der Waals surface area contributed by atoms with Crippen LogP contribution in [0.2, 0.25) is 0 Å². The zero-order valence-electron chi connectivity index (χ0n) is 13.6. The Morgan fingerprint density at radius 2 is 1.22 bits per heavy atom. The molecule has 3 aromatic rings. The van der Waals surface area contributed by atoms with E-state index in [0.717, 1.165) is 28.1 Å². The van der Waals surface area contributed by atoms with E-state index in [0.29, 0.717) is 6.04 Å². The molecule has 2 heteroatoms. The van der Waals surface area contributed by atoms with Crippen LogP contribution in [0.5, 0.6) is 0 Å². The van der Waals surface area contributed by atoms with Gasteiger partial charge in [0.2, 0.25) is 0 Å². The first kappa shape index (κ1) is 15.2. The number of nitrogens with one attached hydrogen (secondary N) is 1. The molecule has 3 N–H and O–H groups in total. The molecular formula is C21H22N2.